The number of aromatic nitrogens is 1. The molecule has 0 unspecified atom stereocenters. The summed E-state index contributed by atoms with van der Waals surface area (Å²) in [4.78, 5) is 18.0. The minimum Gasteiger partial charge on any atom is -0.478 e. The first kappa shape index (κ1) is 22.6. The van der Waals surface area contributed by atoms with E-state index in [2.05, 4.69) is 26.2 Å². The highest BCUT2D eigenvalue weighted by Gasteiger charge is 2.42. The lowest BCUT2D eigenvalue weighted by Crippen LogP contribution is -2.29. The average Bonchev–Trinajstić information content (AvgIpc) is 3.45. The molecule has 2 N–H and O–H groups in total. The molecule has 2 atom stereocenters. The highest BCUT2D eigenvalue weighted by molar-refractivity contribution is 9.10. The van der Waals surface area contributed by atoms with E-state index >= 15 is 0 Å². The van der Waals surface area contributed by atoms with Gasteiger partial charge in [-0.25, -0.2) is 4.79 Å². The van der Waals surface area contributed by atoms with E-state index in [0.29, 0.717) is 27.2 Å². The van der Waals surface area contributed by atoms with E-state index < -0.39 is 5.97 Å². The number of carboxylic acid groups (broad SMARTS) is 1. The van der Waals surface area contributed by atoms with E-state index in [-0.39, 0.29) is 17.6 Å². The van der Waals surface area contributed by atoms with Crippen LogP contribution in [0.1, 0.15) is 33.9 Å². The molecule has 6 nitrogen and oxygen atoms in total. The Balaban J connectivity index is 1.61. The second kappa shape index (κ2) is 9.21. The number of hydrogen-bond acceptors (Lipinski definition) is 4. The van der Waals surface area contributed by atoms with Crippen molar-refractivity contribution in [1.82, 2.24) is 10.3 Å². The van der Waals surface area contributed by atoms with Gasteiger partial charge >= 0.3 is 5.97 Å². The molecule has 2 aromatic carbocycles. The molecule has 4 aromatic rings. The van der Waals surface area contributed by atoms with Crippen LogP contribution < -0.4 is 10.2 Å². The Bertz CT molecular complexity index is 1380. The summed E-state index contributed by atoms with van der Waals surface area (Å²) in [6.45, 7) is 0. The Morgan fingerprint density at radius 2 is 1.91 bits per heavy atom. The van der Waals surface area contributed by atoms with Gasteiger partial charge in [0.15, 0.2) is 5.11 Å². The number of nitrogens with zero attached hydrogens (tertiary/aromatic N) is 2. The molecule has 1 aliphatic heterocycles. The van der Waals surface area contributed by atoms with Crippen LogP contribution >= 0.6 is 39.7 Å². The summed E-state index contributed by atoms with van der Waals surface area (Å²) in [5.41, 5.74) is 2.35. The monoisotopic (exact) mass is 553 g/mol. The van der Waals surface area contributed by atoms with Crippen molar-refractivity contribution in [3.05, 3.63) is 106 Å². The van der Waals surface area contributed by atoms with Crippen molar-refractivity contribution in [2.45, 2.75) is 12.1 Å². The lowest BCUT2D eigenvalue weighted by atomic mass is 10.0. The predicted molar refractivity (Wildman–Crippen MR) is 138 cm³/mol. The Morgan fingerprint density at radius 3 is 2.62 bits per heavy atom. The lowest BCUT2D eigenvalue weighted by molar-refractivity contribution is 0.0697. The van der Waals surface area contributed by atoms with Crippen molar-refractivity contribution in [1.29, 1.82) is 0 Å². The van der Waals surface area contributed by atoms with Crippen molar-refractivity contribution >= 4 is 56.5 Å². The van der Waals surface area contributed by atoms with Gasteiger partial charge in [-0.2, -0.15) is 0 Å². The molecule has 1 fully saturated rings. The highest BCUT2D eigenvalue weighted by Crippen LogP contribution is 2.43. The summed E-state index contributed by atoms with van der Waals surface area (Å²) in [6, 6.07) is 21.2. The molecule has 0 spiro atoms. The Labute approximate surface area is 214 Å². The van der Waals surface area contributed by atoms with Gasteiger partial charge in [0.25, 0.3) is 0 Å². The van der Waals surface area contributed by atoms with Gasteiger partial charge in [0, 0.05) is 21.9 Å². The number of furan rings is 1. The molecule has 1 saturated heterocycles. The number of carboxylic acids is 1. The quantitative estimate of drug-likeness (QED) is 0.268. The normalized spacial score (nSPS) is 17.6. The number of thiocarbonyl (C=S) groups is 1. The fourth-order valence-corrected chi connectivity index (χ4v) is 4.85. The maximum Gasteiger partial charge on any atom is 0.335 e. The number of pyridine rings is 1. The molecule has 9 heteroatoms. The summed E-state index contributed by atoms with van der Waals surface area (Å²) in [7, 11) is 0. The molecule has 0 radical (unpaired) electrons. The van der Waals surface area contributed by atoms with Crippen molar-refractivity contribution in [2.24, 2.45) is 0 Å². The molecule has 1 aliphatic rings. The van der Waals surface area contributed by atoms with Crippen molar-refractivity contribution in [2.75, 3.05) is 4.90 Å². The number of anilines is 1. The van der Waals surface area contributed by atoms with Gasteiger partial charge in [-0.15, -0.1) is 0 Å². The molecular formula is C25H17BrClN3O3S. The summed E-state index contributed by atoms with van der Waals surface area (Å²) >= 11 is 15.6. The molecule has 170 valence electrons. The van der Waals surface area contributed by atoms with Crippen LogP contribution in [-0.2, 0) is 0 Å². The van der Waals surface area contributed by atoms with E-state index in [0.717, 1.165) is 15.9 Å². The fraction of sp³-hybridized carbons (Fsp3) is 0.0800. The van der Waals surface area contributed by atoms with Gasteiger partial charge in [-0.3, -0.25) is 4.98 Å². The van der Waals surface area contributed by atoms with Crippen LogP contribution in [0, 0.1) is 0 Å². The van der Waals surface area contributed by atoms with Gasteiger partial charge in [-0.1, -0.05) is 33.6 Å². The Morgan fingerprint density at radius 1 is 1.12 bits per heavy atom. The van der Waals surface area contributed by atoms with E-state index in [9.17, 15) is 9.90 Å². The lowest BCUT2D eigenvalue weighted by Gasteiger charge is -2.26. The molecule has 0 amide bonds. The SMILES string of the molecule is O=C(O)c1ccc(Cl)c(-c2ccc([C@@H]3[C@H](c4ccccn4)NC(=S)N3c3ccc(Br)cc3)o2)c1. The van der Waals surface area contributed by atoms with Crippen molar-refractivity contribution < 1.29 is 14.3 Å². The number of hydrogen-bond donors (Lipinski definition) is 2. The second-order valence-corrected chi connectivity index (χ2v) is 9.38. The highest BCUT2D eigenvalue weighted by atomic mass is 79.9. The van der Waals surface area contributed by atoms with E-state index in [1.165, 1.54) is 12.1 Å². The van der Waals surface area contributed by atoms with Crippen molar-refractivity contribution in [3.8, 4) is 11.3 Å². The summed E-state index contributed by atoms with van der Waals surface area (Å²) in [5.74, 6) is 0.0702. The molecule has 5 rings (SSSR count). The van der Waals surface area contributed by atoms with Gasteiger partial charge in [0.1, 0.15) is 17.6 Å². The second-order valence-electron chi connectivity index (χ2n) is 7.67. The largest absolute Gasteiger partial charge is 0.478 e. The summed E-state index contributed by atoms with van der Waals surface area (Å²) < 4.78 is 7.25. The Kier molecular flexibility index (Phi) is 6.12. The zero-order chi connectivity index (χ0) is 23.8. The smallest absolute Gasteiger partial charge is 0.335 e. The zero-order valence-corrected chi connectivity index (χ0v) is 20.6. The number of carbonyl (C=O) groups is 1. The van der Waals surface area contributed by atoms with Crippen LogP contribution in [-0.4, -0.2) is 21.2 Å². The van der Waals surface area contributed by atoms with Crippen LogP contribution in [0.15, 0.2) is 87.9 Å². The molecule has 3 heterocycles. The van der Waals surface area contributed by atoms with Crippen LogP contribution in [0.2, 0.25) is 5.02 Å². The third-order valence-corrected chi connectivity index (χ3v) is 6.77. The van der Waals surface area contributed by atoms with Crippen LogP contribution in [0.5, 0.6) is 0 Å². The van der Waals surface area contributed by atoms with Crippen LogP contribution in [0.3, 0.4) is 0 Å². The predicted octanol–water partition coefficient (Wildman–Crippen LogP) is 6.63. The molecule has 0 saturated carbocycles. The van der Waals surface area contributed by atoms with E-state index in [1.54, 1.807) is 18.3 Å². The van der Waals surface area contributed by atoms with Crippen LogP contribution in [0.4, 0.5) is 5.69 Å². The van der Waals surface area contributed by atoms with E-state index in [4.69, 9.17) is 28.2 Å². The maximum atomic E-state index is 11.5. The van der Waals surface area contributed by atoms with Crippen LogP contribution in [0.25, 0.3) is 11.3 Å². The first-order chi connectivity index (χ1) is 16.4. The number of rotatable bonds is 5. The minimum atomic E-state index is -1.04. The van der Waals surface area contributed by atoms with Gasteiger partial charge in [-0.05, 0) is 78.9 Å². The van der Waals surface area contributed by atoms with Gasteiger partial charge in [0.2, 0.25) is 0 Å². The van der Waals surface area contributed by atoms with E-state index in [1.807, 2.05) is 53.4 Å². The number of benzene rings is 2. The number of halogens is 2. The molecular weight excluding hydrogens is 538 g/mol. The first-order valence-corrected chi connectivity index (χ1v) is 11.9. The van der Waals surface area contributed by atoms with Gasteiger partial charge < -0.3 is 19.7 Å². The van der Waals surface area contributed by atoms with Gasteiger partial charge in [0.05, 0.1) is 22.3 Å². The topological polar surface area (TPSA) is 78.6 Å². The third-order valence-electron chi connectivity index (χ3n) is 5.60. The molecule has 2 aromatic heterocycles. The summed E-state index contributed by atoms with van der Waals surface area (Å²) in [6.07, 6.45) is 1.74. The standard InChI is InChI=1S/C25H17BrClN3O3S/c26-15-5-7-16(8-6-15)30-23(22(29-25(30)34)19-3-1-2-12-28-19)21-11-10-20(33-21)17-13-14(24(31)32)4-9-18(17)27/h1-13,22-23H,(H,29,34)(H,31,32)/t22-,23+/m0/s1. The fourth-order valence-electron chi connectivity index (χ4n) is 4.03. The minimum absolute atomic E-state index is 0.129. The van der Waals surface area contributed by atoms with Crippen molar-refractivity contribution in [3.63, 3.8) is 0 Å². The average molecular weight is 555 g/mol. The molecule has 0 bridgehead atoms. The first-order valence-electron chi connectivity index (χ1n) is 10.3. The maximum absolute atomic E-state index is 11.5. The zero-order valence-electron chi connectivity index (χ0n) is 17.5. The molecule has 34 heavy (non-hydrogen) atoms. The Hall–Kier alpha value is -3.20. The number of aromatic carboxylic acids is 1. The molecule has 0 aliphatic carbocycles. The number of nitrogens with one attached hydrogen (secondary N) is 1. The summed E-state index contributed by atoms with van der Waals surface area (Å²) in [5, 5.41) is 13.7. The third kappa shape index (κ3) is 4.20.